The Morgan fingerprint density at radius 2 is 2.09 bits per heavy atom. The van der Waals surface area contributed by atoms with Gasteiger partial charge in [-0.2, -0.15) is 0 Å². The third-order valence-electron chi connectivity index (χ3n) is 4.13. The summed E-state index contributed by atoms with van der Waals surface area (Å²) in [5.74, 6) is 0.569. The van der Waals surface area contributed by atoms with Gasteiger partial charge in [0.05, 0.1) is 5.60 Å². The van der Waals surface area contributed by atoms with Gasteiger partial charge in [-0.3, -0.25) is 4.79 Å². The van der Waals surface area contributed by atoms with Crippen molar-refractivity contribution < 1.29 is 18.7 Å². The van der Waals surface area contributed by atoms with Crippen LogP contribution in [-0.2, 0) is 9.53 Å². The first-order valence-corrected chi connectivity index (χ1v) is 7.76. The maximum atomic E-state index is 12.3. The van der Waals surface area contributed by atoms with Crippen LogP contribution in [-0.4, -0.2) is 24.6 Å². The summed E-state index contributed by atoms with van der Waals surface area (Å²) in [7, 11) is 0. The van der Waals surface area contributed by atoms with Crippen LogP contribution in [0.25, 0.3) is 11.0 Å². The van der Waals surface area contributed by atoms with Gasteiger partial charge in [0.2, 0.25) is 0 Å². The molecule has 1 saturated heterocycles. The Balaban J connectivity index is 1.66. The highest BCUT2D eigenvalue weighted by atomic mass is 16.5. The van der Waals surface area contributed by atoms with Crippen LogP contribution in [0.3, 0.4) is 0 Å². The summed E-state index contributed by atoms with van der Waals surface area (Å²) >= 11 is 0. The van der Waals surface area contributed by atoms with E-state index in [0.717, 1.165) is 11.8 Å². The summed E-state index contributed by atoms with van der Waals surface area (Å²) in [5, 5.41) is 0.814. The number of benzene rings is 1. The molecule has 0 aliphatic carbocycles. The second kappa shape index (κ2) is 6.16. The van der Waals surface area contributed by atoms with E-state index in [9.17, 15) is 9.59 Å². The lowest BCUT2D eigenvalue weighted by Crippen LogP contribution is -2.38. The van der Waals surface area contributed by atoms with Crippen LogP contribution >= 0.6 is 0 Å². The van der Waals surface area contributed by atoms with Gasteiger partial charge < -0.3 is 13.9 Å². The van der Waals surface area contributed by atoms with E-state index in [2.05, 4.69) is 0 Å². The highest BCUT2D eigenvalue weighted by Gasteiger charge is 2.32. The van der Waals surface area contributed by atoms with Crippen molar-refractivity contribution in [2.24, 2.45) is 5.92 Å². The molecule has 5 nitrogen and oxygen atoms in total. The second-order valence-corrected chi connectivity index (χ2v) is 6.51. The lowest BCUT2D eigenvalue weighted by molar-refractivity contribution is -0.135. The Labute approximate surface area is 134 Å². The van der Waals surface area contributed by atoms with E-state index in [0.29, 0.717) is 24.4 Å². The molecule has 122 valence electrons. The molecule has 5 heteroatoms. The van der Waals surface area contributed by atoms with Crippen LogP contribution in [0.1, 0.15) is 26.7 Å². The third-order valence-corrected chi connectivity index (χ3v) is 4.13. The number of carbonyl (C=O) groups excluding carboxylic acids is 1. The summed E-state index contributed by atoms with van der Waals surface area (Å²) in [6.45, 7) is 4.62. The standard InChI is InChI=1S/C18H20O5/c1-18(2)10-13(7-8-22-18)15(19)11-21-14-5-3-12-4-6-17(20)23-16(12)9-14/h3-6,9,13H,7-8,10-11H2,1-2H3. The summed E-state index contributed by atoms with van der Waals surface area (Å²) < 4.78 is 16.3. The highest BCUT2D eigenvalue weighted by Crippen LogP contribution is 2.29. The first-order valence-electron chi connectivity index (χ1n) is 7.76. The van der Waals surface area contributed by atoms with E-state index in [1.54, 1.807) is 24.3 Å². The van der Waals surface area contributed by atoms with Crippen molar-refractivity contribution in [1.29, 1.82) is 0 Å². The largest absolute Gasteiger partial charge is 0.486 e. The normalized spacial score (nSPS) is 20.3. The van der Waals surface area contributed by atoms with E-state index < -0.39 is 5.63 Å². The average molecular weight is 316 g/mol. The molecule has 1 aliphatic heterocycles. The summed E-state index contributed by atoms with van der Waals surface area (Å²) in [5.41, 5.74) is -0.213. The smallest absolute Gasteiger partial charge is 0.336 e. The molecule has 1 aromatic carbocycles. The van der Waals surface area contributed by atoms with E-state index in [4.69, 9.17) is 13.9 Å². The molecule has 0 saturated carbocycles. The average Bonchev–Trinajstić information content (AvgIpc) is 2.51. The number of hydrogen-bond donors (Lipinski definition) is 0. The number of fused-ring (bicyclic) bond motifs is 1. The number of ketones is 1. The number of ether oxygens (including phenoxy) is 2. The summed E-state index contributed by atoms with van der Waals surface area (Å²) in [4.78, 5) is 23.6. The molecule has 1 aromatic heterocycles. The van der Waals surface area contributed by atoms with Crippen molar-refractivity contribution in [3.63, 3.8) is 0 Å². The molecule has 0 spiro atoms. The fourth-order valence-corrected chi connectivity index (χ4v) is 2.91. The number of rotatable bonds is 4. The second-order valence-electron chi connectivity index (χ2n) is 6.51. The van der Waals surface area contributed by atoms with E-state index in [1.807, 2.05) is 13.8 Å². The molecule has 1 atom stereocenters. The van der Waals surface area contributed by atoms with Crippen molar-refractivity contribution in [2.45, 2.75) is 32.3 Å². The quantitative estimate of drug-likeness (QED) is 0.811. The van der Waals surface area contributed by atoms with Crippen molar-refractivity contribution in [1.82, 2.24) is 0 Å². The van der Waals surface area contributed by atoms with Gasteiger partial charge in [-0.15, -0.1) is 0 Å². The zero-order valence-electron chi connectivity index (χ0n) is 13.3. The summed E-state index contributed by atoms with van der Waals surface area (Å²) in [6, 6.07) is 8.27. The van der Waals surface area contributed by atoms with Gasteiger partial charge in [0.25, 0.3) is 0 Å². The Hall–Kier alpha value is -2.14. The highest BCUT2D eigenvalue weighted by molar-refractivity contribution is 5.83. The van der Waals surface area contributed by atoms with Crippen molar-refractivity contribution in [3.05, 3.63) is 40.8 Å². The molecular weight excluding hydrogens is 296 g/mol. The fourth-order valence-electron chi connectivity index (χ4n) is 2.91. The van der Waals surface area contributed by atoms with Gasteiger partial charge in [-0.1, -0.05) is 0 Å². The summed E-state index contributed by atoms with van der Waals surface area (Å²) in [6.07, 6.45) is 1.44. The Morgan fingerprint density at radius 3 is 2.87 bits per heavy atom. The van der Waals surface area contributed by atoms with Crippen molar-refractivity contribution >= 4 is 16.8 Å². The minimum Gasteiger partial charge on any atom is -0.486 e. The lowest BCUT2D eigenvalue weighted by Gasteiger charge is -2.34. The van der Waals surface area contributed by atoms with Gasteiger partial charge in [0, 0.05) is 30.0 Å². The molecule has 23 heavy (non-hydrogen) atoms. The molecule has 1 aliphatic rings. The topological polar surface area (TPSA) is 65.7 Å². The SMILES string of the molecule is CC1(C)CC(C(=O)COc2ccc3ccc(=O)oc3c2)CCO1. The van der Waals surface area contributed by atoms with Gasteiger partial charge in [0.15, 0.2) is 5.78 Å². The predicted molar refractivity (Wildman–Crippen MR) is 85.7 cm³/mol. The monoisotopic (exact) mass is 316 g/mol. The molecule has 0 radical (unpaired) electrons. The van der Waals surface area contributed by atoms with Crippen molar-refractivity contribution in [2.75, 3.05) is 13.2 Å². The molecule has 2 aromatic rings. The molecule has 0 N–H and O–H groups in total. The van der Waals surface area contributed by atoms with E-state index >= 15 is 0 Å². The molecular formula is C18H20O5. The molecule has 0 amide bonds. The minimum atomic E-state index is -0.407. The zero-order valence-corrected chi connectivity index (χ0v) is 13.3. The van der Waals surface area contributed by atoms with E-state index in [-0.39, 0.29) is 23.9 Å². The first-order chi connectivity index (χ1) is 10.9. The fraction of sp³-hybridized carbons (Fsp3) is 0.444. The maximum Gasteiger partial charge on any atom is 0.336 e. The van der Waals surface area contributed by atoms with Crippen LogP contribution in [0.5, 0.6) is 5.75 Å². The number of hydrogen-bond acceptors (Lipinski definition) is 5. The Bertz CT molecular complexity index is 774. The van der Waals surface area contributed by atoms with E-state index in [1.165, 1.54) is 6.07 Å². The maximum absolute atomic E-state index is 12.3. The van der Waals surface area contributed by atoms with Gasteiger partial charge in [0.1, 0.15) is 17.9 Å². The molecule has 0 bridgehead atoms. The van der Waals surface area contributed by atoms with Crippen molar-refractivity contribution in [3.8, 4) is 5.75 Å². The van der Waals surface area contributed by atoms with Crippen LogP contribution in [0.2, 0.25) is 0 Å². The zero-order chi connectivity index (χ0) is 16.4. The van der Waals surface area contributed by atoms with Crippen LogP contribution in [0.15, 0.2) is 39.5 Å². The Kier molecular flexibility index (Phi) is 4.22. The van der Waals surface area contributed by atoms with Gasteiger partial charge >= 0.3 is 5.63 Å². The van der Waals surface area contributed by atoms with Crippen LogP contribution in [0, 0.1) is 5.92 Å². The number of Topliss-reactive ketones (excluding diaryl/α,β-unsaturated/α-hetero) is 1. The van der Waals surface area contributed by atoms with Gasteiger partial charge in [-0.05, 0) is 44.9 Å². The predicted octanol–water partition coefficient (Wildman–Crippen LogP) is 2.95. The van der Waals surface area contributed by atoms with Gasteiger partial charge in [-0.25, -0.2) is 4.79 Å². The molecule has 1 fully saturated rings. The molecule has 1 unspecified atom stereocenters. The van der Waals surface area contributed by atoms with Crippen LogP contribution < -0.4 is 10.4 Å². The minimum absolute atomic E-state index is 0.0172. The molecule has 3 rings (SSSR count). The lowest BCUT2D eigenvalue weighted by atomic mass is 9.86. The third kappa shape index (κ3) is 3.79. The molecule has 2 heterocycles. The number of carbonyl (C=O) groups is 1. The Morgan fingerprint density at radius 1 is 1.30 bits per heavy atom. The van der Waals surface area contributed by atoms with Crippen LogP contribution in [0.4, 0.5) is 0 Å². The first kappa shape index (κ1) is 15.7.